The molecule has 0 radical (unpaired) electrons. The first-order valence-electron chi connectivity index (χ1n) is 9.50. The smallest absolute Gasteiger partial charge is 0.231 e. The lowest BCUT2D eigenvalue weighted by atomic mass is 10.1. The first kappa shape index (κ1) is 18.5. The Hall–Kier alpha value is -2.33. The molecule has 138 valence electrons. The molecule has 0 spiro atoms. The van der Waals surface area contributed by atoms with E-state index in [9.17, 15) is 4.79 Å². The number of aryl methyl sites for hydroxylation is 1. The fourth-order valence-electron chi connectivity index (χ4n) is 3.63. The fraction of sp³-hybridized carbons (Fsp3) is 0.409. The van der Waals surface area contributed by atoms with Gasteiger partial charge in [0, 0.05) is 37.2 Å². The molecule has 0 fully saturated rings. The van der Waals surface area contributed by atoms with Crippen molar-refractivity contribution < 1.29 is 4.79 Å². The Kier molecular flexibility index (Phi) is 5.62. The van der Waals surface area contributed by atoms with Crippen molar-refractivity contribution in [3.05, 3.63) is 53.6 Å². The Morgan fingerprint density at radius 2 is 1.77 bits per heavy atom. The second-order valence-corrected chi connectivity index (χ2v) is 6.91. The van der Waals surface area contributed by atoms with E-state index in [1.54, 1.807) is 4.90 Å². The molecule has 0 aromatic heterocycles. The maximum atomic E-state index is 12.0. The normalized spacial score (nSPS) is 13.4. The van der Waals surface area contributed by atoms with E-state index in [1.165, 1.54) is 11.3 Å². The molecule has 1 amide bonds. The van der Waals surface area contributed by atoms with Crippen LogP contribution in [0.4, 0.5) is 17.1 Å². The van der Waals surface area contributed by atoms with Crippen LogP contribution in [0, 0.1) is 6.92 Å². The van der Waals surface area contributed by atoms with Crippen molar-refractivity contribution in [3.63, 3.8) is 0 Å². The molecular weight excluding hydrogens is 322 g/mol. The maximum Gasteiger partial charge on any atom is 0.231 e. The zero-order valence-electron chi connectivity index (χ0n) is 16.3. The standard InChI is InChI=1S/C22H29N3O/c1-5-24(6-2)13-14-25(20-10-8-7-9-17(20)3)19-12-11-18-15-22(26)23(4)21(18)16-19/h7-12,16H,5-6,13-15H2,1-4H3. The molecule has 1 aliphatic heterocycles. The number of rotatable bonds is 7. The molecule has 0 atom stereocenters. The average Bonchev–Trinajstić information content (AvgIpc) is 2.94. The summed E-state index contributed by atoms with van der Waals surface area (Å²) in [6, 6.07) is 14.9. The molecule has 0 aliphatic carbocycles. The van der Waals surface area contributed by atoms with Crippen molar-refractivity contribution in [2.45, 2.75) is 27.2 Å². The lowest BCUT2D eigenvalue weighted by molar-refractivity contribution is -0.117. The first-order valence-corrected chi connectivity index (χ1v) is 9.50. The average molecular weight is 351 g/mol. The topological polar surface area (TPSA) is 26.8 Å². The lowest BCUT2D eigenvalue weighted by Crippen LogP contribution is -2.33. The van der Waals surface area contributed by atoms with E-state index in [0.29, 0.717) is 6.42 Å². The largest absolute Gasteiger partial charge is 0.340 e. The number of carbonyl (C=O) groups excluding carboxylic acids is 1. The van der Waals surface area contributed by atoms with Crippen molar-refractivity contribution in [3.8, 4) is 0 Å². The van der Waals surface area contributed by atoms with Gasteiger partial charge in [-0.05, 0) is 49.3 Å². The first-order chi connectivity index (χ1) is 12.5. The fourth-order valence-corrected chi connectivity index (χ4v) is 3.63. The molecular formula is C22H29N3O. The van der Waals surface area contributed by atoms with Crippen LogP contribution in [-0.4, -0.2) is 44.0 Å². The Labute approximate surface area is 157 Å². The predicted molar refractivity (Wildman–Crippen MR) is 110 cm³/mol. The molecule has 4 heteroatoms. The van der Waals surface area contributed by atoms with Crippen LogP contribution in [0.1, 0.15) is 25.0 Å². The molecule has 0 saturated carbocycles. The van der Waals surface area contributed by atoms with Gasteiger partial charge in [-0.15, -0.1) is 0 Å². The summed E-state index contributed by atoms with van der Waals surface area (Å²) in [7, 11) is 1.87. The Bertz CT molecular complexity index is 783. The van der Waals surface area contributed by atoms with Gasteiger partial charge in [0.15, 0.2) is 0 Å². The monoisotopic (exact) mass is 351 g/mol. The molecule has 2 aromatic rings. The number of amides is 1. The van der Waals surface area contributed by atoms with Gasteiger partial charge in [0.2, 0.25) is 5.91 Å². The van der Waals surface area contributed by atoms with E-state index in [4.69, 9.17) is 0 Å². The second-order valence-electron chi connectivity index (χ2n) is 6.91. The SMILES string of the molecule is CCN(CC)CCN(c1ccc2c(c1)N(C)C(=O)C2)c1ccccc1C. The number of para-hydroxylation sites is 1. The van der Waals surface area contributed by atoms with Gasteiger partial charge in [0.25, 0.3) is 0 Å². The summed E-state index contributed by atoms with van der Waals surface area (Å²) in [5.41, 5.74) is 5.79. The molecule has 1 aliphatic rings. The number of likely N-dealkylation sites (N-methyl/N-ethyl adjacent to an activating group) is 2. The summed E-state index contributed by atoms with van der Waals surface area (Å²) >= 11 is 0. The van der Waals surface area contributed by atoms with Gasteiger partial charge in [-0.2, -0.15) is 0 Å². The Balaban J connectivity index is 1.96. The van der Waals surface area contributed by atoms with Crippen LogP contribution < -0.4 is 9.80 Å². The van der Waals surface area contributed by atoms with Gasteiger partial charge in [0.05, 0.1) is 6.42 Å². The molecule has 3 rings (SSSR count). The van der Waals surface area contributed by atoms with Gasteiger partial charge >= 0.3 is 0 Å². The molecule has 1 heterocycles. The van der Waals surface area contributed by atoms with Crippen LogP contribution in [0.25, 0.3) is 0 Å². The molecule has 26 heavy (non-hydrogen) atoms. The third-order valence-electron chi connectivity index (χ3n) is 5.40. The van der Waals surface area contributed by atoms with E-state index >= 15 is 0 Å². The third kappa shape index (κ3) is 3.61. The van der Waals surface area contributed by atoms with E-state index < -0.39 is 0 Å². The quantitative estimate of drug-likeness (QED) is 0.754. The summed E-state index contributed by atoms with van der Waals surface area (Å²) in [4.78, 5) is 18.6. The number of fused-ring (bicyclic) bond motifs is 1. The van der Waals surface area contributed by atoms with Crippen LogP contribution in [-0.2, 0) is 11.2 Å². The minimum atomic E-state index is 0.169. The number of benzene rings is 2. The van der Waals surface area contributed by atoms with Crippen LogP contribution in [0.3, 0.4) is 0 Å². The lowest BCUT2D eigenvalue weighted by Gasteiger charge is -2.30. The minimum Gasteiger partial charge on any atom is -0.340 e. The Morgan fingerprint density at radius 1 is 1.04 bits per heavy atom. The van der Waals surface area contributed by atoms with Gasteiger partial charge in [-0.25, -0.2) is 0 Å². The van der Waals surface area contributed by atoms with Crippen molar-refractivity contribution in [2.75, 3.05) is 43.0 Å². The number of carbonyl (C=O) groups is 1. The summed E-state index contributed by atoms with van der Waals surface area (Å²) in [6.45, 7) is 10.6. The van der Waals surface area contributed by atoms with Crippen molar-refractivity contribution in [1.29, 1.82) is 0 Å². The second kappa shape index (κ2) is 7.92. The summed E-state index contributed by atoms with van der Waals surface area (Å²) in [6.07, 6.45) is 0.510. The molecule has 0 unspecified atom stereocenters. The summed E-state index contributed by atoms with van der Waals surface area (Å²) in [5, 5.41) is 0. The van der Waals surface area contributed by atoms with Crippen LogP contribution in [0.15, 0.2) is 42.5 Å². The minimum absolute atomic E-state index is 0.169. The highest BCUT2D eigenvalue weighted by molar-refractivity contribution is 6.01. The van der Waals surface area contributed by atoms with E-state index in [2.05, 4.69) is 73.0 Å². The zero-order chi connectivity index (χ0) is 18.7. The number of nitrogens with zero attached hydrogens (tertiary/aromatic N) is 3. The van der Waals surface area contributed by atoms with Gasteiger partial charge in [-0.3, -0.25) is 4.79 Å². The van der Waals surface area contributed by atoms with Crippen molar-refractivity contribution in [1.82, 2.24) is 4.90 Å². The van der Waals surface area contributed by atoms with Crippen molar-refractivity contribution >= 4 is 23.0 Å². The van der Waals surface area contributed by atoms with Crippen LogP contribution in [0.5, 0.6) is 0 Å². The van der Waals surface area contributed by atoms with Gasteiger partial charge in [0.1, 0.15) is 0 Å². The third-order valence-corrected chi connectivity index (χ3v) is 5.40. The van der Waals surface area contributed by atoms with E-state index in [0.717, 1.165) is 43.1 Å². The summed E-state index contributed by atoms with van der Waals surface area (Å²) < 4.78 is 0. The highest BCUT2D eigenvalue weighted by atomic mass is 16.2. The zero-order valence-corrected chi connectivity index (χ0v) is 16.3. The molecule has 0 bridgehead atoms. The van der Waals surface area contributed by atoms with Gasteiger partial charge < -0.3 is 14.7 Å². The highest BCUT2D eigenvalue weighted by Gasteiger charge is 2.25. The molecule has 2 aromatic carbocycles. The molecule has 0 saturated heterocycles. The van der Waals surface area contributed by atoms with Gasteiger partial charge in [-0.1, -0.05) is 38.1 Å². The van der Waals surface area contributed by atoms with E-state index in [1.807, 2.05) is 7.05 Å². The maximum absolute atomic E-state index is 12.0. The van der Waals surface area contributed by atoms with Crippen LogP contribution in [0.2, 0.25) is 0 Å². The summed E-state index contributed by atoms with van der Waals surface area (Å²) in [5.74, 6) is 0.169. The molecule has 4 nitrogen and oxygen atoms in total. The predicted octanol–water partition coefficient (Wildman–Crippen LogP) is 3.99. The highest BCUT2D eigenvalue weighted by Crippen LogP contribution is 2.35. The van der Waals surface area contributed by atoms with Crippen molar-refractivity contribution in [2.24, 2.45) is 0 Å². The number of hydrogen-bond donors (Lipinski definition) is 0. The number of hydrogen-bond acceptors (Lipinski definition) is 3. The van der Waals surface area contributed by atoms with Crippen LogP contribution >= 0.6 is 0 Å². The molecule has 0 N–H and O–H groups in total. The number of anilines is 3. The van der Waals surface area contributed by atoms with E-state index in [-0.39, 0.29) is 5.91 Å². The Morgan fingerprint density at radius 3 is 2.46 bits per heavy atom.